The minimum atomic E-state index is -3.44. The molecular weight excluding hydrogens is 402 g/mol. The number of unbranched alkanes of at least 4 members (excludes halogenated alkanes) is 3. The standard InChI is InChI=1S/C22H29N3O4S/c1-25(29-19-21-10-5-4-6-11-21)30(27,28)17-8-3-2-7-16-24-22(26)14-13-20-12-9-15-23-18-20/h4-6,9-15,18H,2-3,7-8,16-17,19H2,1H3,(H,24,26)/b14-13+. The number of amides is 1. The normalized spacial score (nSPS) is 11.8. The van der Waals surface area contributed by atoms with Crippen LogP contribution in [0.4, 0.5) is 0 Å². The van der Waals surface area contributed by atoms with E-state index in [0.29, 0.717) is 13.0 Å². The molecule has 0 unspecified atom stereocenters. The Hall–Kier alpha value is -2.55. The van der Waals surface area contributed by atoms with Crippen LogP contribution in [0.2, 0.25) is 0 Å². The number of hydrogen-bond donors (Lipinski definition) is 1. The van der Waals surface area contributed by atoms with Gasteiger partial charge < -0.3 is 5.32 Å². The SMILES string of the molecule is CN(OCc1ccccc1)S(=O)(=O)CCCCCCNC(=O)/C=C/c1cccnc1. The molecule has 0 aliphatic heterocycles. The van der Waals surface area contributed by atoms with Gasteiger partial charge in [-0.25, -0.2) is 8.42 Å². The van der Waals surface area contributed by atoms with Gasteiger partial charge in [0.15, 0.2) is 0 Å². The fourth-order valence-corrected chi connectivity index (χ4v) is 3.67. The van der Waals surface area contributed by atoms with E-state index in [1.54, 1.807) is 18.5 Å². The van der Waals surface area contributed by atoms with Gasteiger partial charge in [0.1, 0.15) is 0 Å². The van der Waals surface area contributed by atoms with Crippen molar-refractivity contribution >= 4 is 22.0 Å². The number of nitrogens with one attached hydrogen (secondary N) is 1. The number of benzene rings is 1. The van der Waals surface area contributed by atoms with Crippen molar-refractivity contribution in [3.8, 4) is 0 Å². The quantitative estimate of drug-likeness (QED) is 0.299. The van der Waals surface area contributed by atoms with Gasteiger partial charge in [0.05, 0.1) is 12.4 Å². The van der Waals surface area contributed by atoms with Gasteiger partial charge in [-0.15, -0.1) is 0 Å². The number of carbonyl (C=O) groups excluding carboxylic acids is 1. The van der Waals surface area contributed by atoms with E-state index in [4.69, 9.17) is 4.84 Å². The van der Waals surface area contributed by atoms with Crippen LogP contribution in [0.1, 0.15) is 36.8 Å². The van der Waals surface area contributed by atoms with E-state index < -0.39 is 10.0 Å². The number of sulfonamides is 1. The molecule has 1 heterocycles. The molecule has 1 aromatic heterocycles. The van der Waals surface area contributed by atoms with E-state index in [2.05, 4.69) is 10.3 Å². The van der Waals surface area contributed by atoms with Crippen molar-refractivity contribution in [2.24, 2.45) is 0 Å². The van der Waals surface area contributed by atoms with Crippen molar-refractivity contribution < 1.29 is 18.0 Å². The summed E-state index contributed by atoms with van der Waals surface area (Å²) in [5.41, 5.74) is 1.78. The average Bonchev–Trinajstić information content (AvgIpc) is 2.76. The molecule has 162 valence electrons. The summed E-state index contributed by atoms with van der Waals surface area (Å²) in [6.07, 6.45) is 9.52. The van der Waals surface area contributed by atoms with Gasteiger partial charge in [-0.3, -0.25) is 14.6 Å². The molecule has 0 atom stereocenters. The molecular formula is C22H29N3O4S. The van der Waals surface area contributed by atoms with Crippen molar-refractivity contribution in [1.29, 1.82) is 0 Å². The minimum Gasteiger partial charge on any atom is -0.353 e. The van der Waals surface area contributed by atoms with Crippen molar-refractivity contribution in [3.63, 3.8) is 0 Å². The predicted molar refractivity (Wildman–Crippen MR) is 118 cm³/mol. The maximum atomic E-state index is 12.3. The lowest BCUT2D eigenvalue weighted by Gasteiger charge is -2.16. The van der Waals surface area contributed by atoms with Crippen LogP contribution in [0.5, 0.6) is 0 Å². The third-order valence-corrected chi connectivity index (χ3v) is 6.08. The second-order valence-electron chi connectivity index (χ2n) is 6.81. The molecule has 0 aliphatic carbocycles. The molecule has 1 aromatic carbocycles. The van der Waals surface area contributed by atoms with E-state index in [9.17, 15) is 13.2 Å². The molecule has 0 saturated heterocycles. The molecule has 0 fully saturated rings. The molecule has 0 aliphatic rings. The number of hydroxylamine groups is 1. The van der Waals surface area contributed by atoms with Crippen molar-refractivity contribution in [2.75, 3.05) is 19.3 Å². The van der Waals surface area contributed by atoms with Crippen LogP contribution in [0.15, 0.2) is 60.9 Å². The smallest absolute Gasteiger partial charge is 0.243 e. The molecule has 30 heavy (non-hydrogen) atoms. The van der Waals surface area contributed by atoms with Gasteiger partial charge in [-0.05, 0) is 36.1 Å². The highest BCUT2D eigenvalue weighted by atomic mass is 32.2. The van der Waals surface area contributed by atoms with Crippen LogP contribution in [-0.4, -0.2) is 43.1 Å². The van der Waals surface area contributed by atoms with Gasteiger partial charge >= 0.3 is 0 Å². The van der Waals surface area contributed by atoms with E-state index in [1.165, 1.54) is 13.1 Å². The zero-order valence-electron chi connectivity index (χ0n) is 17.2. The largest absolute Gasteiger partial charge is 0.353 e. The molecule has 0 radical (unpaired) electrons. The van der Waals surface area contributed by atoms with Crippen molar-refractivity contribution in [2.45, 2.75) is 32.3 Å². The van der Waals surface area contributed by atoms with Gasteiger partial charge in [0.25, 0.3) is 0 Å². The fourth-order valence-electron chi connectivity index (χ4n) is 2.63. The highest BCUT2D eigenvalue weighted by Gasteiger charge is 2.18. The van der Waals surface area contributed by atoms with Crippen LogP contribution in [0.3, 0.4) is 0 Å². The minimum absolute atomic E-state index is 0.0402. The summed E-state index contributed by atoms with van der Waals surface area (Å²) in [5.74, 6) is -0.114. The number of nitrogens with zero attached hydrogens (tertiary/aromatic N) is 2. The topological polar surface area (TPSA) is 88.6 Å². The third kappa shape index (κ3) is 9.30. The summed E-state index contributed by atoms with van der Waals surface area (Å²) in [5, 5.41) is 2.82. The number of rotatable bonds is 13. The number of aromatic nitrogens is 1. The lowest BCUT2D eigenvalue weighted by Crippen LogP contribution is -2.29. The first-order valence-electron chi connectivity index (χ1n) is 9.97. The summed E-state index contributed by atoms with van der Waals surface area (Å²) in [6, 6.07) is 13.1. The Morgan fingerprint density at radius 3 is 2.60 bits per heavy atom. The zero-order chi connectivity index (χ0) is 21.7. The highest BCUT2D eigenvalue weighted by Crippen LogP contribution is 2.09. The summed E-state index contributed by atoms with van der Waals surface area (Å²) in [4.78, 5) is 21.1. The Kier molecular flexibility index (Phi) is 10.2. The average molecular weight is 432 g/mol. The maximum Gasteiger partial charge on any atom is 0.243 e. The van der Waals surface area contributed by atoms with Gasteiger partial charge in [0.2, 0.25) is 15.9 Å². The van der Waals surface area contributed by atoms with Crippen molar-refractivity contribution in [3.05, 3.63) is 72.1 Å². The molecule has 0 spiro atoms. The summed E-state index contributed by atoms with van der Waals surface area (Å²) >= 11 is 0. The maximum absolute atomic E-state index is 12.3. The molecule has 2 aromatic rings. The number of pyridine rings is 1. The predicted octanol–water partition coefficient (Wildman–Crippen LogP) is 3.16. The number of carbonyl (C=O) groups is 1. The second-order valence-corrected chi connectivity index (χ2v) is 8.90. The van der Waals surface area contributed by atoms with E-state index >= 15 is 0 Å². The van der Waals surface area contributed by atoms with Gasteiger partial charge in [-0.2, -0.15) is 0 Å². The first-order valence-corrected chi connectivity index (χ1v) is 11.6. The molecule has 1 amide bonds. The van der Waals surface area contributed by atoms with E-state index in [1.807, 2.05) is 42.5 Å². The lowest BCUT2D eigenvalue weighted by molar-refractivity contribution is -0.116. The first kappa shape index (κ1) is 23.7. The first-order chi connectivity index (χ1) is 14.5. The summed E-state index contributed by atoms with van der Waals surface area (Å²) in [6.45, 7) is 0.772. The van der Waals surface area contributed by atoms with Crippen LogP contribution in [0.25, 0.3) is 6.08 Å². The van der Waals surface area contributed by atoms with E-state index in [-0.39, 0.29) is 18.3 Å². The Balaban J connectivity index is 1.54. The summed E-state index contributed by atoms with van der Waals surface area (Å²) < 4.78 is 25.5. The third-order valence-electron chi connectivity index (χ3n) is 4.39. The van der Waals surface area contributed by atoms with Crippen LogP contribution in [0, 0.1) is 0 Å². The monoisotopic (exact) mass is 431 g/mol. The fraction of sp³-hybridized carbons (Fsp3) is 0.364. The van der Waals surface area contributed by atoms with E-state index in [0.717, 1.165) is 34.9 Å². The Morgan fingerprint density at radius 2 is 1.87 bits per heavy atom. The van der Waals surface area contributed by atoms with Crippen LogP contribution < -0.4 is 5.32 Å². The molecule has 0 bridgehead atoms. The molecule has 1 N–H and O–H groups in total. The Morgan fingerprint density at radius 1 is 1.10 bits per heavy atom. The second kappa shape index (κ2) is 12.9. The zero-order valence-corrected chi connectivity index (χ0v) is 18.1. The number of hydrogen-bond acceptors (Lipinski definition) is 5. The highest BCUT2D eigenvalue weighted by molar-refractivity contribution is 7.88. The van der Waals surface area contributed by atoms with Crippen LogP contribution in [-0.2, 0) is 26.3 Å². The molecule has 7 nitrogen and oxygen atoms in total. The molecule has 0 saturated carbocycles. The molecule has 2 rings (SSSR count). The summed E-state index contributed by atoms with van der Waals surface area (Å²) in [7, 11) is -2.02. The van der Waals surface area contributed by atoms with Crippen LogP contribution >= 0.6 is 0 Å². The Bertz CT molecular complexity index is 887. The van der Waals surface area contributed by atoms with Crippen molar-refractivity contribution in [1.82, 2.24) is 14.8 Å². The van der Waals surface area contributed by atoms with Gasteiger partial charge in [0, 0.05) is 32.1 Å². The molecule has 8 heteroatoms. The van der Waals surface area contributed by atoms with Gasteiger partial charge in [-0.1, -0.05) is 53.7 Å². The lowest BCUT2D eigenvalue weighted by atomic mass is 10.2. The Labute approximate surface area is 178 Å².